The van der Waals surface area contributed by atoms with Crippen LogP contribution in [0.4, 0.5) is 4.39 Å². The van der Waals surface area contributed by atoms with Crippen LogP contribution in [0.2, 0.25) is 0 Å². The summed E-state index contributed by atoms with van der Waals surface area (Å²) in [5.74, 6) is 0.351. The summed E-state index contributed by atoms with van der Waals surface area (Å²) in [4.78, 5) is 0. The molecule has 4 N–H and O–H groups in total. The van der Waals surface area contributed by atoms with Gasteiger partial charge in [0, 0.05) is 11.6 Å². The third kappa shape index (κ3) is 3.81. The third-order valence-electron chi connectivity index (χ3n) is 2.32. The number of ether oxygens (including phenoxy) is 1. The van der Waals surface area contributed by atoms with E-state index in [0.717, 1.165) is 0 Å². The molecule has 2 aromatic rings. The molecule has 0 aliphatic heterocycles. The first-order chi connectivity index (χ1) is 9.65. The van der Waals surface area contributed by atoms with E-state index in [4.69, 9.17) is 16.2 Å². The number of hydrogen-bond acceptors (Lipinski definition) is 3. The molecule has 0 aliphatic rings. The highest BCUT2D eigenvalue weighted by Gasteiger charge is 2.05. The number of benzene rings is 2. The highest BCUT2D eigenvalue weighted by atomic mass is 19.1. The van der Waals surface area contributed by atoms with Crippen LogP contribution in [0.5, 0.6) is 11.5 Å². The number of guanidine groups is 1. The number of nitrogens with zero attached hydrogens (tertiary/aromatic N) is 2. The minimum Gasteiger partial charge on any atom is -0.457 e. The van der Waals surface area contributed by atoms with Crippen LogP contribution in [0.25, 0.3) is 0 Å². The molecule has 0 atom stereocenters. The van der Waals surface area contributed by atoms with Gasteiger partial charge in [-0.2, -0.15) is 5.10 Å². The van der Waals surface area contributed by atoms with Crippen molar-refractivity contribution in [3.05, 3.63) is 59.9 Å². The highest BCUT2D eigenvalue weighted by molar-refractivity contribution is 5.84. The van der Waals surface area contributed by atoms with Crippen molar-refractivity contribution in [2.24, 2.45) is 21.7 Å². The van der Waals surface area contributed by atoms with Gasteiger partial charge in [-0.05, 0) is 24.3 Å². The van der Waals surface area contributed by atoms with Crippen LogP contribution >= 0.6 is 0 Å². The summed E-state index contributed by atoms with van der Waals surface area (Å²) in [7, 11) is 0. The van der Waals surface area contributed by atoms with Crippen LogP contribution in [0, 0.1) is 5.82 Å². The van der Waals surface area contributed by atoms with Gasteiger partial charge < -0.3 is 16.2 Å². The second-order valence-electron chi connectivity index (χ2n) is 3.87. The van der Waals surface area contributed by atoms with Crippen molar-refractivity contribution >= 4 is 12.2 Å². The van der Waals surface area contributed by atoms with Crippen LogP contribution in [0.1, 0.15) is 5.56 Å². The lowest BCUT2D eigenvalue weighted by molar-refractivity contribution is 0.476. The molecular weight excluding hydrogens is 259 g/mol. The molecule has 0 aliphatic carbocycles. The Balaban J connectivity index is 2.29. The lowest BCUT2D eigenvalue weighted by Crippen LogP contribution is -2.21. The van der Waals surface area contributed by atoms with Crippen LogP contribution in [-0.2, 0) is 0 Å². The summed E-state index contributed by atoms with van der Waals surface area (Å²) in [5.41, 5.74) is 10.9. The molecular formula is C14H13FN4O. The lowest BCUT2D eigenvalue weighted by Gasteiger charge is -2.08. The van der Waals surface area contributed by atoms with Crippen molar-refractivity contribution in [1.82, 2.24) is 0 Å². The van der Waals surface area contributed by atoms with E-state index in [2.05, 4.69) is 10.2 Å². The predicted molar refractivity (Wildman–Crippen MR) is 76.3 cm³/mol. The van der Waals surface area contributed by atoms with E-state index in [1.807, 2.05) is 18.2 Å². The molecule has 0 bridgehead atoms. The molecule has 2 aromatic carbocycles. The largest absolute Gasteiger partial charge is 0.457 e. The van der Waals surface area contributed by atoms with Crippen LogP contribution in [-0.4, -0.2) is 12.2 Å². The fourth-order valence-electron chi connectivity index (χ4n) is 1.48. The molecule has 0 amide bonds. The summed E-state index contributed by atoms with van der Waals surface area (Å²) in [6, 6.07) is 13.1. The van der Waals surface area contributed by atoms with Crippen molar-refractivity contribution < 1.29 is 9.13 Å². The standard InChI is InChI=1S/C14H13FN4O/c15-11-7-6-10(9-18-19-14(16)17)13(8-11)20-12-4-2-1-3-5-12/h1-9H,(H4,16,17,19). The second kappa shape index (κ2) is 6.33. The van der Waals surface area contributed by atoms with Crippen molar-refractivity contribution in [3.63, 3.8) is 0 Å². The van der Waals surface area contributed by atoms with Crippen molar-refractivity contribution in [2.75, 3.05) is 0 Å². The SMILES string of the molecule is NC(N)=NN=Cc1ccc(F)cc1Oc1ccccc1. The summed E-state index contributed by atoms with van der Waals surface area (Å²) < 4.78 is 18.9. The van der Waals surface area contributed by atoms with Gasteiger partial charge in [0.05, 0.1) is 6.21 Å². The van der Waals surface area contributed by atoms with Gasteiger partial charge in [0.1, 0.15) is 17.3 Å². The van der Waals surface area contributed by atoms with Gasteiger partial charge in [-0.1, -0.05) is 18.2 Å². The molecule has 20 heavy (non-hydrogen) atoms. The maximum atomic E-state index is 13.3. The Morgan fingerprint density at radius 2 is 1.85 bits per heavy atom. The molecule has 0 fully saturated rings. The molecule has 0 heterocycles. The summed E-state index contributed by atoms with van der Waals surface area (Å²) in [6.07, 6.45) is 1.39. The van der Waals surface area contributed by atoms with E-state index in [1.54, 1.807) is 12.1 Å². The Bertz CT molecular complexity index is 637. The average Bonchev–Trinajstić information content (AvgIpc) is 2.42. The Morgan fingerprint density at radius 1 is 1.10 bits per heavy atom. The number of hydrogen-bond donors (Lipinski definition) is 2. The van der Waals surface area contributed by atoms with Crippen molar-refractivity contribution in [2.45, 2.75) is 0 Å². The molecule has 102 valence electrons. The van der Waals surface area contributed by atoms with E-state index in [9.17, 15) is 4.39 Å². The van der Waals surface area contributed by atoms with Gasteiger partial charge in [0.2, 0.25) is 5.96 Å². The van der Waals surface area contributed by atoms with Crippen molar-refractivity contribution in [1.29, 1.82) is 0 Å². The zero-order chi connectivity index (χ0) is 14.4. The fraction of sp³-hybridized carbons (Fsp3) is 0. The van der Waals surface area contributed by atoms with Crippen LogP contribution in [0.3, 0.4) is 0 Å². The Labute approximate surface area is 115 Å². The monoisotopic (exact) mass is 272 g/mol. The lowest BCUT2D eigenvalue weighted by atomic mass is 10.2. The molecule has 0 saturated heterocycles. The van der Waals surface area contributed by atoms with E-state index >= 15 is 0 Å². The molecule has 0 aromatic heterocycles. The van der Waals surface area contributed by atoms with E-state index < -0.39 is 5.82 Å². The topological polar surface area (TPSA) is 86.0 Å². The second-order valence-corrected chi connectivity index (χ2v) is 3.87. The van der Waals surface area contributed by atoms with Gasteiger partial charge in [0.15, 0.2) is 0 Å². The maximum Gasteiger partial charge on any atom is 0.211 e. The molecule has 5 nitrogen and oxygen atoms in total. The Morgan fingerprint density at radius 3 is 2.55 bits per heavy atom. The first kappa shape index (κ1) is 13.5. The molecule has 6 heteroatoms. The summed E-state index contributed by atoms with van der Waals surface area (Å²) in [6.45, 7) is 0. The molecule has 2 rings (SSSR count). The normalized spacial score (nSPS) is 10.4. The number of halogens is 1. The van der Waals surface area contributed by atoms with Crippen LogP contribution < -0.4 is 16.2 Å². The van der Waals surface area contributed by atoms with Crippen molar-refractivity contribution in [3.8, 4) is 11.5 Å². The number of nitrogens with two attached hydrogens (primary N) is 2. The first-order valence-electron chi connectivity index (χ1n) is 5.79. The Hall–Kier alpha value is -2.89. The third-order valence-corrected chi connectivity index (χ3v) is 2.32. The number of rotatable bonds is 4. The average molecular weight is 272 g/mol. The quantitative estimate of drug-likeness (QED) is 0.508. The minimum absolute atomic E-state index is 0.158. The maximum absolute atomic E-state index is 13.3. The van der Waals surface area contributed by atoms with Gasteiger partial charge >= 0.3 is 0 Å². The number of para-hydroxylation sites is 1. The van der Waals surface area contributed by atoms with E-state index in [1.165, 1.54) is 24.4 Å². The Kier molecular flexibility index (Phi) is 4.28. The summed E-state index contributed by atoms with van der Waals surface area (Å²) >= 11 is 0. The fourth-order valence-corrected chi connectivity index (χ4v) is 1.48. The van der Waals surface area contributed by atoms with Gasteiger partial charge in [-0.3, -0.25) is 0 Å². The predicted octanol–water partition coefficient (Wildman–Crippen LogP) is 2.23. The zero-order valence-corrected chi connectivity index (χ0v) is 10.5. The molecule has 0 radical (unpaired) electrons. The molecule has 0 saturated carbocycles. The first-order valence-corrected chi connectivity index (χ1v) is 5.79. The molecule has 0 spiro atoms. The van der Waals surface area contributed by atoms with Crippen LogP contribution in [0.15, 0.2) is 58.7 Å². The minimum atomic E-state index is -0.407. The van der Waals surface area contributed by atoms with Gasteiger partial charge in [-0.25, -0.2) is 4.39 Å². The highest BCUT2D eigenvalue weighted by Crippen LogP contribution is 2.25. The summed E-state index contributed by atoms with van der Waals surface area (Å²) in [5, 5.41) is 7.17. The molecule has 0 unspecified atom stereocenters. The zero-order valence-electron chi connectivity index (χ0n) is 10.5. The smallest absolute Gasteiger partial charge is 0.211 e. The van der Waals surface area contributed by atoms with E-state index in [0.29, 0.717) is 17.1 Å². The van der Waals surface area contributed by atoms with Gasteiger partial charge in [0.25, 0.3) is 0 Å². The van der Waals surface area contributed by atoms with Gasteiger partial charge in [-0.15, -0.1) is 5.10 Å². The van der Waals surface area contributed by atoms with E-state index in [-0.39, 0.29) is 5.96 Å².